The fourth-order valence-corrected chi connectivity index (χ4v) is 3.43. The van der Waals surface area contributed by atoms with Crippen LogP contribution in [0.15, 0.2) is 64.2 Å². The van der Waals surface area contributed by atoms with Crippen LogP contribution in [0.4, 0.5) is 5.69 Å². The van der Waals surface area contributed by atoms with Crippen LogP contribution in [0.2, 0.25) is 5.02 Å². The van der Waals surface area contributed by atoms with Gasteiger partial charge in [-0.25, -0.2) is 4.98 Å². The Bertz CT molecular complexity index is 1290. The Kier molecular flexibility index (Phi) is 5.13. The minimum absolute atomic E-state index is 0.118. The Hall–Kier alpha value is -3.45. The number of carbonyl (C=O) groups excluding carboxylic acids is 1. The molecular weight excluding hydrogens is 404 g/mol. The van der Waals surface area contributed by atoms with Gasteiger partial charge in [0.25, 0.3) is 11.3 Å². The minimum Gasteiger partial charge on any atom is -0.335 e. The van der Waals surface area contributed by atoms with Gasteiger partial charge in [-0.3, -0.25) is 14.2 Å². The lowest BCUT2D eigenvalue weighted by molar-refractivity contribution is -0.121. The van der Waals surface area contributed by atoms with E-state index in [4.69, 9.17) is 16.1 Å². The summed E-state index contributed by atoms with van der Waals surface area (Å²) in [5.74, 6) is -0.242. The molecular formula is C22H19ClN4O3. The van der Waals surface area contributed by atoms with E-state index in [1.54, 1.807) is 38.2 Å². The number of likely N-dealkylation sites (N-methyl/N-ethyl adjacent to an activating group) is 1. The number of amides is 1. The highest BCUT2D eigenvalue weighted by molar-refractivity contribution is 6.30. The topological polar surface area (TPSA) is 81.2 Å². The molecule has 0 N–H and O–H groups in total. The smallest absolute Gasteiger partial charge is 0.267 e. The molecule has 1 amide bonds. The quantitative estimate of drug-likeness (QED) is 0.491. The van der Waals surface area contributed by atoms with Crippen molar-refractivity contribution in [2.75, 3.05) is 11.9 Å². The fourth-order valence-electron chi connectivity index (χ4n) is 3.30. The maximum atomic E-state index is 13.2. The number of halogens is 1. The molecule has 4 aromatic rings. The zero-order valence-corrected chi connectivity index (χ0v) is 17.4. The van der Waals surface area contributed by atoms with Gasteiger partial charge in [0.1, 0.15) is 23.4 Å². The van der Waals surface area contributed by atoms with Crippen molar-refractivity contribution in [3.63, 3.8) is 0 Å². The summed E-state index contributed by atoms with van der Waals surface area (Å²) in [6.07, 6.45) is 1.31. The number of carbonyl (C=O) groups is 1. The summed E-state index contributed by atoms with van der Waals surface area (Å²) < 4.78 is 6.54. The monoisotopic (exact) mass is 422 g/mol. The van der Waals surface area contributed by atoms with Crippen LogP contribution in [0.25, 0.3) is 22.4 Å². The molecule has 0 saturated heterocycles. The summed E-state index contributed by atoms with van der Waals surface area (Å²) in [4.78, 5) is 32.0. The van der Waals surface area contributed by atoms with E-state index in [0.717, 1.165) is 11.3 Å². The number of nitrogens with zero attached hydrogens (tertiary/aromatic N) is 4. The van der Waals surface area contributed by atoms with Crippen molar-refractivity contribution in [3.05, 3.63) is 75.8 Å². The second-order valence-corrected chi connectivity index (χ2v) is 7.52. The average Bonchev–Trinajstić information content (AvgIpc) is 3.18. The number of benzene rings is 2. The van der Waals surface area contributed by atoms with Crippen LogP contribution in [0.1, 0.15) is 18.5 Å². The Morgan fingerprint density at radius 1 is 1.20 bits per heavy atom. The predicted molar refractivity (Wildman–Crippen MR) is 116 cm³/mol. The van der Waals surface area contributed by atoms with Gasteiger partial charge in [-0.15, -0.1) is 0 Å². The standard InChI is InChI=1S/C22H19ClN4O3/c1-13-5-4-6-17(11-13)26(3)21(28)14(2)27-12-24-20-18(22(27)29)19(25-30-20)15-7-9-16(23)10-8-15/h4-12,14H,1-3H3/t14-/m0/s1. The van der Waals surface area contributed by atoms with Gasteiger partial charge in [-0.2, -0.15) is 0 Å². The lowest BCUT2D eigenvalue weighted by Gasteiger charge is -2.23. The number of aromatic nitrogens is 3. The van der Waals surface area contributed by atoms with Crippen LogP contribution >= 0.6 is 11.6 Å². The van der Waals surface area contributed by atoms with Crippen molar-refractivity contribution in [1.82, 2.24) is 14.7 Å². The molecule has 8 heteroatoms. The van der Waals surface area contributed by atoms with Crippen molar-refractivity contribution < 1.29 is 9.32 Å². The van der Waals surface area contributed by atoms with E-state index in [0.29, 0.717) is 16.3 Å². The summed E-state index contributed by atoms with van der Waals surface area (Å²) in [6.45, 7) is 3.62. The third-order valence-corrected chi connectivity index (χ3v) is 5.29. The zero-order valence-electron chi connectivity index (χ0n) is 16.7. The normalized spacial score (nSPS) is 12.1. The first-order valence-corrected chi connectivity index (χ1v) is 9.71. The number of aryl methyl sites for hydroxylation is 1. The third kappa shape index (κ3) is 3.48. The molecule has 2 aromatic heterocycles. The van der Waals surface area contributed by atoms with Gasteiger partial charge in [0.2, 0.25) is 5.91 Å². The van der Waals surface area contributed by atoms with Crippen LogP contribution in [0, 0.1) is 6.92 Å². The van der Waals surface area contributed by atoms with Crippen molar-refractivity contribution in [3.8, 4) is 11.3 Å². The second-order valence-electron chi connectivity index (χ2n) is 7.09. The van der Waals surface area contributed by atoms with Gasteiger partial charge in [-0.1, -0.05) is 41.0 Å². The van der Waals surface area contributed by atoms with Crippen LogP contribution in [-0.2, 0) is 4.79 Å². The molecule has 4 rings (SSSR count). The highest BCUT2D eigenvalue weighted by Crippen LogP contribution is 2.26. The summed E-state index contributed by atoms with van der Waals surface area (Å²) >= 11 is 5.95. The van der Waals surface area contributed by atoms with Gasteiger partial charge < -0.3 is 9.42 Å². The summed E-state index contributed by atoms with van der Waals surface area (Å²) in [5, 5.41) is 4.79. The fraction of sp³-hybridized carbons (Fsp3) is 0.182. The lowest BCUT2D eigenvalue weighted by atomic mass is 10.1. The summed E-state index contributed by atoms with van der Waals surface area (Å²) in [6, 6.07) is 13.7. The molecule has 0 radical (unpaired) electrons. The molecule has 0 aliphatic carbocycles. The molecule has 30 heavy (non-hydrogen) atoms. The van der Waals surface area contributed by atoms with E-state index < -0.39 is 11.6 Å². The van der Waals surface area contributed by atoms with E-state index in [9.17, 15) is 9.59 Å². The number of hydrogen-bond acceptors (Lipinski definition) is 5. The molecule has 0 saturated carbocycles. The number of hydrogen-bond donors (Lipinski definition) is 0. The minimum atomic E-state index is -0.770. The van der Waals surface area contributed by atoms with Crippen molar-refractivity contribution in [2.24, 2.45) is 0 Å². The molecule has 0 fully saturated rings. The Morgan fingerprint density at radius 3 is 2.63 bits per heavy atom. The maximum Gasteiger partial charge on any atom is 0.267 e. The largest absolute Gasteiger partial charge is 0.335 e. The Balaban J connectivity index is 1.74. The highest BCUT2D eigenvalue weighted by atomic mass is 35.5. The van der Waals surface area contributed by atoms with Crippen LogP contribution < -0.4 is 10.5 Å². The molecule has 0 aliphatic heterocycles. The van der Waals surface area contributed by atoms with Crippen molar-refractivity contribution >= 4 is 34.3 Å². The molecule has 1 atom stereocenters. The van der Waals surface area contributed by atoms with Crippen molar-refractivity contribution in [1.29, 1.82) is 0 Å². The summed E-state index contributed by atoms with van der Waals surface area (Å²) in [5.41, 5.74) is 2.54. The average molecular weight is 423 g/mol. The zero-order chi connectivity index (χ0) is 21.4. The third-order valence-electron chi connectivity index (χ3n) is 5.03. The first-order chi connectivity index (χ1) is 14.4. The SMILES string of the molecule is Cc1cccc(N(C)C(=O)[C@H](C)n2cnc3onc(-c4ccc(Cl)cc4)c3c2=O)c1. The molecule has 2 heterocycles. The number of rotatable bonds is 4. The molecule has 0 bridgehead atoms. The summed E-state index contributed by atoms with van der Waals surface area (Å²) in [7, 11) is 1.68. The first-order valence-electron chi connectivity index (χ1n) is 9.33. The lowest BCUT2D eigenvalue weighted by Crippen LogP contribution is -2.37. The first kappa shape index (κ1) is 19.8. The van der Waals surface area contributed by atoms with Gasteiger partial charge in [-0.05, 0) is 43.7 Å². The molecule has 0 aliphatic rings. The van der Waals surface area contributed by atoms with Crippen LogP contribution in [0.5, 0.6) is 0 Å². The van der Waals surface area contributed by atoms with Crippen LogP contribution in [0.3, 0.4) is 0 Å². The van der Waals surface area contributed by atoms with Gasteiger partial charge in [0, 0.05) is 23.3 Å². The van der Waals surface area contributed by atoms with E-state index in [1.165, 1.54) is 15.8 Å². The number of anilines is 1. The Morgan fingerprint density at radius 2 is 1.93 bits per heavy atom. The van der Waals surface area contributed by atoms with Crippen LogP contribution in [-0.4, -0.2) is 27.7 Å². The van der Waals surface area contributed by atoms with Gasteiger partial charge in [0.05, 0.1) is 0 Å². The molecule has 152 valence electrons. The highest BCUT2D eigenvalue weighted by Gasteiger charge is 2.24. The second kappa shape index (κ2) is 7.76. The predicted octanol–water partition coefficient (Wildman–Crippen LogP) is 4.24. The Labute approximate surface area is 177 Å². The van der Waals surface area contributed by atoms with E-state index >= 15 is 0 Å². The maximum absolute atomic E-state index is 13.2. The van der Waals surface area contributed by atoms with Gasteiger partial charge >= 0.3 is 0 Å². The van der Waals surface area contributed by atoms with Crippen molar-refractivity contribution in [2.45, 2.75) is 19.9 Å². The number of fused-ring (bicyclic) bond motifs is 1. The van der Waals surface area contributed by atoms with E-state index in [2.05, 4.69) is 10.1 Å². The molecule has 0 spiro atoms. The molecule has 7 nitrogen and oxygen atoms in total. The van der Waals surface area contributed by atoms with Gasteiger partial charge in [0.15, 0.2) is 0 Å². The molecule has 2 aromatic carbocycles. The molecule has 0 unspecified atom stereocenters. The van der Waals surface area contributed by atoms with E-state index in [1.807, 2.05) is 31.2 Å². The van der Waals surface area contributed by atoms with E-state index in [-0.39, 0.29) is 17.0 Å².